The average molecular weight is 566 g/mol. The molecule has 2 atom stereocenters. The lowest BCUT2D eigenvalue weighted by molar-refractivity contribution is -0.0334. The molecule has 11 nitrogen and oxygen atoms in total. The molecule has 12 heteroatoms. The lowest BCUT2D eigenvalue weighted by Crippen LogP contribution is -2.50. The van der Waals surface area contributed by atoms with E-state index in [0.717, 1.165) is 5.56 Å². The van der Waals surface area contributed by atoms with Crippen molar-refractivity contribution in [3.8, 4) is 11.5 Å². The highest BCUT2D eigenvalue weighted by molar-refractivity contribution is 7.89. The van der Waals surface area contributed by atoms with E-state index in [0.29, 0.717) is 17.1 Å². The van der Waals surface area contributed by atoms with E-state index in [1.54, 1.807) is 72.7 Å². The number of carbonyl (C=O) groups excluding carboxylic acids is 2. The maximum Gasteiger partial charge on any atom is 0.508 e. The fourth-order valence-electron chi connectivity index (χ4n) is 3.58. The number of hydrogen-bond donors (Lipinski definition) is 1. The molecular formula is C27H35NO10S. The summed E-state index contributed by atoms with van der Waals surface area (Å²) >= 11 is 0. The van der Waals surface area contributed by atoms with Crippen LogP contribution in [0.25, 0.3) is 0 Å². The predicted octanol–water partition coefficient (Wildman–Crippen LogP) is 4.70. The van der Waals surface area contributed by atoms with Gasteiger partial charge in [0.2, 0.25) is 6.79 Å². The predicted molar refractivity (Wildman–Crippen MR) is 140 cm³/mol. The molecule has 0 aromatic heterocycles. The Bertz CT molecular complexity index is 1290. The monoisotopic (exact) mass is 565 g/mol. The van der Waals surface area contributed by atoms with Crippen LogP contribution in [0.1, 0.15) is 58.6 Å². The number of ether oxygens (including phenoxy) is 5. The minimum atomic E-state index is -4.64. The highest BCUT2D eigenvalue weighted by Crippen LogP contribution is 2.37. The highest BCUT2D eigenvalue weighted by Gasteiger charge is 2.43. The molecule has 3 rings (SSSR count). The van der Waals surface area contributed by atoms with Crippen molar-refractivity contribution in [2.45, 2.75) is 76.7 Å². The van der Waals surface area contributed by atoms with Gasteiger partial charge < -0.3 is 28.8 Å². The number of amides is 1. The van der Waals surface area contributed by atoms with E-state index in [9.17, 15) is 23.1 Å². The summed E-state index contributed by atoms with van der Waals surface area (Å²) in [6, 6.07) is 10.4. The molecule has 1 N–H and O–H groups in total. The van der Waals surface area contributed by atoms with Gasteiger partial charge in [0.05, 0.1) is 10.8 Å². The van der Waals surface area contributed by atoms with Gasteiger partial charge in [0, 0.05) is 0 Å². The van der Waals surface area contributed by atoms with Crippen molar-refractivity contribution in [1.29, 1.82) is 0 Å². The van der Waals surface area contributed by atoms with Crippen molar-refractivity contribution in [2.24, 2.45) is 0 Å². The van der Waals surface area contributed by atoms with E-state index >= 15 is 0 Å². The topological polar surface area (TPSA) is 138 Å². The van der Waals surface area contributed by atoms with E-state index in [-0.39, 0.29) is 16.0 Å². The summed E-state index contributed by atoms with van der Waals surface area (Å²) in [5, 5.41) is 11.6. The van der Waals surface area contributed by atoms with E-state index < -0.39 is 52.2 Å². The summed E-state index contributed by atoms with van der Waals surface area (Å²) in [5.74, 6) is -0.483. The summed E-state index contributed by atoms with van der Waals surface area (Å²) in [4.78, 5) is 25.4. The van der Waals surface area contributed by atoms with Crippen LogP contribution in [0, 0.1) is 6.92 Å². The molecule has 0 spiro atoms. The second-order valence-electron chi connectivity index (χ2n) is 11.0. The van der Waals surface area contributed by atoms with Crippen LogP contribution in [0.5, 0.6) is 11.5 Å². The average Bonchev–Trinajstić information content (AvgIpc) is 3.25. The van der Waals surface area contributed by atoms with Gasteiger partial charge in [-0.25, -0.2) is 18.0 Å². The molecule has 0 radical (unpaired) electrons. The Kier molecular flexibility index (Phi) is 8.71. The Balaban J connectivity index is 2.07. The van der Waals surface area contributed by atoms with E-state index in [2.05, 4.69) is 0 Å². The zero-order valence-electron chi connectivity index (χ0n) is 23.1. The normalized spacial score (nSPS) is 14.8. The van der Waals surface area contributed by atoms with Crippen molar-refractivity contribution in [1.82, 2.24) is 4.31 Å². The second kappa shape index (κ2) is 11.3. The SMILES string of the molecule is Cc1ccc(S(=O)(=O)N(C(=O)OC(C)(C)C)[C@H](O)C(COC(=O)OC(C)(C)C)c2ccc3c(c2)OCO3)cc1. The van der Waals surface area contributed by atoms with E-state index in [1.807, 2.05) is 0 Å². The third kappa shape index (κ3) is 7.76. The zero-order valence-corrected chi connectivity index (χ0v) is 23.9. The molecule has 0 saturated carbocycles. The maximum atomic E-state index is 13.7. The van der Waals surface area contributed by atoms with Crippen LogP contribution in [0.3, 0.4) is 0 Å². The van der Waals surface area contributed by atoms with Crippen LogP contribution in [-0.2, 0) is 24.2 Å². The Morgan fingerprint density at radius 2 is 1.54 bits per heavy atom. The first-order valence-corrected chi connectivity index (χ1v) is 13.7. The van der Waals surface area contributed by atoms with Crippen molar-refractivity contribution < 1.29 is 46.8 Å². The molecule has 1 amide bonds. The minimum Gasteiger partial charge on any atom is -0.454 e. The maximum absolute atomic E-state index is 13.7. The van der Waals surface area contributed by atoms with Gasteiger partial charge in [-0.3, -0.25) is 0 Å². The summed E-state index contributed by atoms with van der Waals surface area (Å²) in [5.41, 5.74) is -0.842. The summed E-state index contributed by atoms with van der Waals surface area (Å²) < 4.78 is 54.4. The van der Waals surface area contributed by atoms with Crippen LogP contribution in [-0.4, -0.2) is 60.9 Å². The molecular weight excluding hydrogens is 530 g/mol. The molecule has 0 aliphatic carbocycles. The van der Waals surface area contributed by atoms with Crippen molar-refractivity contribution in [3.63, 3.8) is 0 Å². The lowest BCUT2D eigenvalue weighted by Gasteiger charge is -2.34. The minimum absolute atomic E-state index is 0.0216. The fraction of sp³-hybridized carbons (Fsp3) is 0.481. The molecule has 214 valence electrons. The van der Waals surface area contributed by atoms with Gasteiger partial charge >= 0.3 is 12.2 Å². The van der Waals surface area contributed by atoms with Gasteiger partial charge in [0.25, 0.3) is 10.0 Å². The van der Waals surface area contributed by atoms with Crippen LogP contribution >= 0.6 is 0 Å². The number of rotatable bonds is 7. The fourth-order valence-corrected chi connectivity index (χ4v) is 4.95. The van der Waals surface area contributed by atoms with Crippen LogP contribution in [0.15, 0.2) is 47.4 Å². The number of fused-ring (bicyclic) bond motifs is 1. The number of aryl methyl sites for hydroxylation is 1. The molecule has 39 heavy (non-hydrogen) atoms. The Morgan fingerprint density at radius 1 is 0.949 bits per heavy atom. The van der Waals surface area contributed by atoms with Crippen LogP contribution in [0.4, 0.5) is 9.59 Å². The molecule has 1 heterocycles. The Morgan fingerprint density at radius 3 is 2.13 bits per heavy atom. The number of hydrogen-bond acceptors (Lipinski definition) is 10. The van der Waals surface area contributed by atoms with Crippen molar-refractivity contribution in [2.75, 3.05) is 13.4 Å². The van der Waals surface area contributed by atoms with Crippen molar-refractivity contribution >= 4 is 22.3 Å². The molecule has 1 aliphatic heterocycles. The van der Waals surface area contributed by atoms with Gasteiger partial charge in [-0.15, -0.1) is 0 Å². The first-order chi connectivity index (χ1) is 18.0. The summed E-state index contributed by atoms with van der Waals surface area (Å²) in [7, 11) is -4.64. The zero-order chi connectivity index (χ0) is 29.2. The number of aliphatic hydroxyl groups is 1. The van der Waals surface area contributed by atoms with E-state index in [4.69, 9.17) is 23.7 Å². The van der Waals surface area contributed by atoms with Crippen LogP contribution < -0.4 is 9.47 Å². The van der Waals surface area contributed by atoms with Crippen molar-refractivity contribution in [3.05, 3.63) is 53.6 Å². The van der Waals surface area contributed by atoms with E-state index in [1.165, 1.54) is 18.2 Å². The number of aliphatic hydroxyl groups excluding tert-OH is 1. The number of benzene rings is 2. The Hall–Kier alpha value is -3.51. The first kappa shape index (κ1) is 30.0. The lowest BCUT2D eigenvalue weighted by atomic mass is 9.97. The summed E-state index contributed by atoms with van der Waals surface area (Å²) in [6.45, 7) is 10.9. The highest BCUT2D eigenvalue weighted by atomic mass is 32.2. The molecule has 1 aliphatic rings. The van der Waals surface area contributed by atoms with Crippen LogP contribution in [0.2, 0.25) is 0 Å². The molecule has 0 saturated heterocycles. The molecule has 2 aromatic carbocycles. The number of sulfonamides is 1. The van der Waals surface area contributed by atoms with Gasteiger partial charge in [-0.05, 0) is 78.3 Å². The van der Waals surface area contributed by atoms with Gasteiger partial charge in [0.1, 0.15) is 17.8 Å². The molecule has 2 aromatic rings. The standard InChI is InChI=1S/C27H35NO10S/c1-17-8-11-19(12-9-17)39(32,33)28(24(30)37-26(2,3)4)23(29)20(15-34-25(31)38-27(5,6)7)18-10-13-21-22(14-18)36-16-35-21/h8-14,20,23,29H,15-16H2,1-7H3/t20?,23-/m1/s1. The molecule has 0 bridgehead atoms. The van der Waals surface area contributed by atoms with Gasteiger partial charge in [0.15, 0.2) is 17.7 Å². The van der Waals surface area contributed by atoms with Gasteiger partial charge in [-0.2, -0.15) is 4.31 Å². The largest absolute Gasteiger partial charge is 0.508 e. The number of nitrogens with zero attached hydrogens (tertiary/aromatic N) is 1. The molecule has 1 unspecified atom stereocenters. The third-order valence-electron chi connectivity index (χ3n) is 5.35. The molecule has 0 fully saturated rings. The quantitative estimate of drug-likeness (QED) is 0.371. The van der Waals surface area contributed by atoms with Gasteiger partial charge in [-0.1, -0.05) is 23.8 Å². The Labute approximate surface area is 228 Å². The summed E-state index contributed by atoms with van der Waals surface area (Å²) in [6.07, 6.45) is -4.40. The third-order valence-corrected chi connectivity index (χ3v) is 7.10. The number of carbonyl (C=O) groups is 2. The smallest absolute Gasteiger partial charge is 0.454 e. The second-order valence-corrected chi connectivity index (χ2v) is 12.8. The first-order valence-electron chi connectivity index (χ1n) is 12.3.